The van der Waals surface area contributed by atoms with Gasteiger partial charge in [-0.3, -0.25) is 4.79 Å². The van der Waals surface area contributed by atoms with Gasteiger partial charge in [0.05, 0.1) is 16.4 Å². The number of benzene rings is 2. The van der Waals surface area contributed by atoms with Crippen LogP contribution in [-0.2, 0) is 29.0 Å². The lowest BCUT2D eigenvalue weighted by atomic mass is 10.0. The molecule has 0 aliphatic carbocycles. The van der Waals surface area contributed by atoms with E-state index in [1.807, 2.05) is 37.3 Å². The van der Waals surface area contributed by atoms with E-state index in [0.29, 0.717) is 30.1 Å². The van der Waals surface area contributed by atoms with Crippen LogP contribution in [0, 0.1) is 0 Å². The standard InChI is InChI=1S/C22H23ClF3N3O2/c1-14(28-31-2)16-5-3-15(4-6-16)13-27-20-18-10-12-29(21(30)22(24,25)26)11-9-17(18)7-8-19(20)23/h3-8,27H,9-13H2,1-2H3/b28-14+. The van der Waals surface area contributed by atoms with E-state index in [1.54, 1.807) is 6.07 Å². The number of anilines is 1. The van der Waals surface area contributed by atoms with Crippen LogP contribution in [0.3, 0.4) is 0 Å². The number of nitrogens with zero attached hydrogens (tertiary/aromatic N) is 2. The lowest BCUT2D eigenvalue weighted by molar-refractivity contribution is -0.185. The van der Waals surface area contributed by atoms with Gasteiger partial charge in [-0.2, -0.15) is 13.2 Å². The van der Waals surface area contributed by atoms with Gasteiger partial charge in [0, 0.05) is 19.6 Å². The maximum Gasteiger partial charge on any atom is 0.471 e. The summed E-state index contributed by atoms with van der Waals surface area (Å²) in [7, 11) is 1.49. The second kappa shape index (κ2) is 9.60. The van der Waals surface area contributed by atoms with Crippen LogP contribution < -0.4 is 5.32 Å². The fraction of sp³-hybridized carbons (Fsp3) is 0.364. The number of nitrogens with one attached hydrogen (secondary N) is 1. The maximum atomic E-state index is 12.8. The zero-order chi connectivity index (χ0) is 22.6. The predicted molar refractivity (Wildman–Crippen MR) is 114 cm³/mol. The number of halogens is 4. The average molecular weight is 454 g/mol. The van der Waals surface area contributed by atoms with Gasteiger partial charge in [-0.1, -0.05) is 47.1 Å². The molecule has 5 nitrogen and oxygen atoms in total. The molecule has 0 saturated carbocycles. The lowest BCUT2D eigenvalue weighted by Crippen LogP contribution is -2.42. The number of hydrogen-bond acceptors (Lipinski definition) is 4. The number of amides is 1. The van der Waals surface area contributed by atoms with Crippen molar-refractivity contribution in [3.63, 3.8) is 0 Å². The largest absolute Gasteiger partial charge is 0.471 e. The van der Waals surface area contributed by atoms with Gasteiger partial charge in [0.25, 0.3) is 0 Å². The molecule has 1 aliphatic heterocycles. The van der Waals surface area contributed by atoms with Crippen LogP contribution in [0.15, 0.2) is 41.6 Å². The van der Waals surface area contributed by atoms with Crippen molar-refractivity contribution in [2.45, 2.75) is 32.5 Å². The van der Waals surface area contributed by atoms with Crippen LogP contribution in [0.4, 0.5) is 18.9 Å². The van der Waals surface area contributed by atoms with Gasteiger partial charge in [-0.25, -0.2) is 0 Å². The number of carbonyl (C=O) groups is 1. The zero-order valence-electron chi connectivity index (χ0n) is 17.2. The molecule has 3 rings (SSSR count). The SMILES string of the molecule is CO/N=C(\C)c1ccc(CNc2c(Cl)ccc3c2CCN(C(=O)C(F)(F)F)CC3)cc1. The molecule has 0 saturated heterocycles. The van der Waals surface area contributed by atoms with E-state index in [9.17, 15) is 18.0 Å². The van der Waals surface area contributed by atoms with Crippen LogP contribution in [-0.4, -0.2) is 42.9 Å². The third-order valence-electron chi connectivity index (χ3n) is 5.24. The summed E-state index contributed by atoms with van der Waals surface area (Å²) < 4.78 is 38.5. The molecule has 0 atom stereocenters. The Morgan fingerprint density at radius 1 is 1.16 bits per heavy atom. The van der Waals surface area contributed by atoms with Crippen molar-refractivity contribution < 1.29 is 22.8 Å². The van der Waals surface area contributed by atoms with Crippen LogP contribution in [0.2, 0.25) is 5.02 Å². The molecule has 166 valence electrons. The second-order valence-electron chi connectivity index (χ2n) is 7.26. The maximum absolute atomic E-state index is 12.8. The van der Waals surface area contributed by atoms with Crippen molar-refractivity contribution in [2.24, 2.45) is 5.16 Å². The highest BCUT2D eigenvalue weighted by Crippen LogP contribution is 2.32. The molecule has 0 aromatic heterocycles. The Morgan fingerprint density at radius 3 is 2.48 bits per heavy atom. The first-order valence-electron chi connectivity index (χ1n) is 9.78. The Bertz CT molecular complexity index is 975. The number of oxime groups is 1. The third-order valence-corrected chi connectivity index (χ3v) is 5.56. The van der Waals surface area contributed by atoms with Gasteiger partial charge in [0.2, 0.25) is 0 Å². The lowest BCUT2D eigenvalue weighted by Gasteiger charge is -2.21. The van der Waals surface area contributed by atoms with E-state index in [0.717, 1.165) is 32.9 Å². The average Bonchev–Trinajstić information content (AvgIpc) is 2.95. The molecule has 1 heterocycles. The highest BCUT2D eigenvalue weighted by molar-refractivity contribution is 6.33. The van der Waals surface area contributed by atoms with Gasteiger partial charge in [0.15, 0.2) is 0 Å². The quantitative estimate of drug-likeness (QED) is 0.522. The van der Waals surface area contributed by atoms with Gasteiger partial charge >= 0.3 is 12.1 Å². The van der Waals surface area contributed by atoms with Crippen molar-refractivity contribution in [3.05, 3.63) is 63.7 Å². The number of hydrogen-bond donors (Lipinski definition) is 1. The molecule has 0 bridgehead atoms. The molecule has 0 radical (unpaired) electrons. The van der Waals surface area contributed by atoms with Gasteiger partial charge in [0.1, 0.15) is 7.11 Å². The van der Waals surface area contributed by atoms with E-state index < -0.39 is 12.1 Å². The Balaban J connectivity index is 1.74. The summed E-state index contributed by atoms with van der Waals surface area (Å²) in [6.45, 7) is 2.36. The molecular weight excluding hydrogens is 431 g/mol. The first-order valence-corrected chi connectivity index (χ1v) is 10.2. The normalized spacial score (nSPS) is 14.6. The molecule has 0 fully saturated rings. The third kappa shape index (κ3) is 5.50. The van der Waals surface area contributed by atoms with E-state index in [1.165, 1.54) is 7.11 Å². The summed E-state index contributed by atoms with van der Waals surface area (Å²) >= 11 is 6.40. The minimum absolute atomic E-state index is 0.00677. The van der Waals surface area contributed by atoms with Crippen molar-refractivity contribution >= 4 is 28.9 Å². The Hall–Kier alpha value is -2.74. The van der Waals surface area contributed by atoms with Crippen molar-refractivity contribution in [1.82, 2.24) is 4.90 Å². The Labute approximate surface area is 183 Å². The molecule has 0 unspecified atom stereocenters. The molecule has 0 spiro atoms. The summed E-state index contributed by atoms with van der Waals surface area (Å²) in [5, 5.41) is 7.72. The molecule has 1 aliphatic rings. The molecule has 2 aromatic carbocycles. The van der Waals surface area contributed by atoms with Crippen LogP contribution >= 0.6 is 11.6 Å². The van der Waals surface area contributed by atoms with E-state index >= 15 is 0 Å². The number of alkyl halides is 3. The first kappa shape index (κ1) is 22.9. The predicted octanol–water partition coefficient (Wildman–Crippen LogP) is 4.81. The van der Waals surface area contributed by atoms with Crippen molar-refractivity contribution in [3.8, 4) is 0 Å². The van der Waals surface area contributed by atoms with Crippen LogP contribution in [0.5, 0.6) is 0 Å². The van der Waals surface area contributed by atoms with E-state index in [-0.39, 0.29) is 13.1 Å². The summed E-state index contributed by atoms with van der Waals surface area (Å²) in [6.07, 6.45) is -4.23. The first-order chi connectivity index (χ1) is 14.7. The summed E-state index contributed by atoms with van der Waals surface area (Å²) in [4.78, 5) is 17.3. The minimum Gasteiger partial charge on any atom is -0.399 e. The smallest absolute Gasteiger partial charge is 0.399 e. The molecule has 1 amide bonds. The van der Waals surface area contributed by atoms with Crippen molar-refractivity contribution in [1.29, 1.82) is 0 Å². The Kier molecular flexibility index (Phi) is 7.10. The van der Waals surface area contributed by atoms with Gasteiger partial charge in [-0.05, 0) is 48.1 Å². The summed E-state index contributed by atoms with van der Waals surface area (Å²) in [5.41, 5.74) is 5.14. The summed E-state index contributed by atoms with van der Waals surface area (Å²) in [5.74, 6) is -1.80. The van der Waals surface area contributed by atoms with E-state index in [4.69, 9.17) is 16.4 Å². The minimum atomic E-state index is -4.87. The molecule has 31 heavy (non-hydrogen) atoms. The molecule has 2 aromatic rings. The summed E-state index contributed by atoms with van der Waals surface area (Å²) in [6, 6.07) is 11.3. The Morgan fingerprint density at radius 2 is 1.84 bits per heavy atom. The van der Waals surface area contributed by atoms with Crippen molar-refractivity contribution in [2.75, 3.05) is 25.5 Å². The highest BCUT2D eigenvalue weighted by Gasteiger charge is 2.42. The fourth-order valence-corrected chi connectivity index (χ4v) is 3.86. The van der Waals surface area contributed by atoms with E-state index in [2.05, 4.69) is 10.5 Å². The fourth-order valence-electron chi connectivity index (χ4n) is 3.61. The molecular formula is C22H23ClF3N3O2. The number of fused-ring (bicyclic) bond motifs is 1. The highest BCUT2D eigenvalue weighted by atomic mass is 35.5. The zero-order valence-corrected chi connectivity index (χ0v) is 18.0. The number of rotatable bonds is 5. The second-order valence-corrected chi connectivity index (χ2v) is 7.67. The molecule has 1 N–H and O–H groups in total. The monoisotopic (exact) mass is 453 g/mol. The number of carbonyl (C=O) groups excluding carboxylic acids is 1. The molecule has 9 heteroatoms. The van der Waals surface area contributed by atoms with Gasteiger partial charge < -0.3 is 15.1 Å². The van der Waals surface area contributed by atoms with Crippen LogP contribution in [0.1, 0.15) is 29.2 Å². The van der Waals surface area contributed by atoms with Crippen LogP contribution in [0.25, 0.3) is 0 Å². The topological polar surface area (TPSA) is 53.9 Å². The van der Waals surface area contributed by atoms with Gasteiger partial charge in [-0.15, -0.1) is 0 Å².